The Kier molecular flexibility index (Phi) is 4.68. The lowest BCUT2D eigenvalue weighted by Crippen LogP contribution is -2.43. The summed E-state index contributed by atoms with van der Waals surface area (Å²) < 4.78 is 22.8. The fourth-order valence-electron chi connectivity index (χ4n) is 3.06. The van der Waals surface area contributed by atoms with Crippen LogP contribution in [0.1, 0.15) is 34.6 Å². The van der Waals surface area contributed by atoms with Gasteiger partial charge in [-0.1, -0.05) is 11.6 Å². The Morgan fingerprint density at radius 2 is 2.20 bits per heavy atom. The van der Waals surface area contributed by atoms with Gasteiger partial charge in [0, 0.05) is 0 Å². The number of carbonyl (C=O) groups is 1. The Labute approximate surface area is 153 Å². The molecule has 1 amide bonds. The maximum atomic E-state index is 11.9. The molecule has 0 radical (unpaired) electrons. The third kappa shape index (κ3) is 3.73. The van der Waals surface area contributed by atoms with E-state index in [1.807, 2.05) is 40.7 Å². The first-order valence-corrected chi connectivity index (χ1v) is 8.68. The average Bonchev–Trinajstić information content (AvgIpc) is 2.63. The molecule has 136 valence electrons. The van der Waals surface area contributed by atoms with E-state index in [9.17, 15) is 4.79 Å². The second kappa shape index (κ2) is 6.38. The highest BCUT2D eigenvalue weighted by atomic mass is 35.5. The van der Waals surface area contributed by atoms with Crippen LogP contribution in [0.3, 0.4) is 0 Å². The van der Waals surface area contributed by atoms with Gasteiger partial charge < -0.3 is 24.1 Å². The molecule has 1 atom stereocenters. The predicted octanol–water partition coefficient (Wildman–Crippen LogP) is 3.08. The number of halogens is 1. The van der Waals surface area contributed by atoms with Gasteiger partial charge >= 0.3 is 13.2 Å². The van der Waals surface area contributed by atoms with Crippen LogP contribution in [0.5, 0.6) is 0 Å². The van der Waals surface area contributed by atoms with Crippen molar-refractivity contribution in [2.24, 2.45) is 0 Å². The largest absolute Gasteiger partial charge is 0.497 e. The molecule has 0 aliphatic carbocycles. The molecule has 3 rings (SSSR count). The lowest BCUT2D eigenvalue weighted by Gasteiger charge is -2.29. The smallest absolute Gasteiger partial charge is 0.495 e. The van der Waals surface area contributed by atoms with Crippen molar-refractivity contribution >= 4 is 24.8 Å². The first kappa shape index (κ1) is 18.4. The molecule has 0 bridgehead atoms. The molecule has 0 aromatic carbocycles. The van der Waals surface area contributed by atoms with E-state index in [-0.39, 0.29) is 6.54 Å². The van der Waals surface area contributed by atoms with E-state index in [2.05, 4.69) is 5.32 Å². The van der Waals surface area contributed by atoms with Crippen LogP contribution in [-0.4, -0.2) is 43.7 Å². The van der Waals surface area contributed by atoms with Crippen LogP contribution in [0, 0.1) is 0 Å². The number of hydrogen-bond donors (Lipinski definition) is 1. The molecule has 0 aromatic rings. The molecule has 3 heterocycles. The third-order valence-electron chi connectivity index (χ3n) is 4.20. The molecule has 0 unspecified atom stereocenters. The minimum atomic E-state index is -0.565. The van der Waals surface area contributed by atoms with Crippen molar-refractivity contribution < 1.29 is 23.6 Å². The molecular weight excluding hydrogens is 344 g/mol. The van der Waals surface area contributed by atoms with E-state index in [4.69, 9.17) is 30.4 Å². The first-order chi connectivity index (χ1) is 11.6. The van der Waals surface area contributed by atoms with Crippen LogP contribution < -0.4 is 5.32 Å². The zero-order valence-electron chi connectivity index (χ0n) is 15.1. The molecule has 3 aliphatic heterocycles. The van der Waals surface area contributed by atoms with Crippen LogP contribution in [0.25, 0.3) is 0 Å². The SMILES string of the molecule is CC(C)(C)OC(=O)NC[C@@H]1OB2OC(C)(C)C3=C2C(=C1Cl)C=COC3. The van der Waals surface area contributed by atoms with Crippen molar-refractivity contribution in [1.29, 1.82) is 0 Å². The normalized spacial score (nSPS) is 24.7. The number of nitrogens with one attached hydrogen (secondary N) is 1. The van der Waals surface area contributed by atoms with Crippen molar-refractivity contribution in [3.63, 3.8) is 0 Å². The zero-order chi connectivity index (χ0) is 18.4. The predicted molar refractivity (Wildman–Crippen MR) is 95.0 cm³/mol. The van der Waals surface area contributed by atoms with Gasteiger partial charge in [0.15, 0.2) is 0 Å². The van der Waals surface area contributed by atoms with Crippen molar-refractivity contribution in [2.75, 3.05) is 13.2 Å². The number of carbonyl (C=O) groups excluding carboxylic acids is 1. The molecule has 0 saturated heterocycles. The van der Waals surface area contributed by atoms with Gasteiger partial charge in [-0.15, -0.1) is 0 Å². The summed E-state index contributed by atoms with van der Waals surface area (Å²) in [6.07, 6.45) is 2.42. The maximum Gasteiger partial charge on any atom is 0.495 e. The number of ether oxygens (including phenoxy) is 2. The highest BCUT2D eigenvalue weighted by Crippen LogP contribution is 2.44. The van der Waals surface area contributed by atoms with Gasteiger partial charge in [-0.3, -0.25) is 0 Å². The standard InChI is InChI=1S/C17H23BClNO5/c1-16(2,3)23-15(21)20-8-12-14(19)10-6-7-22-9-11-13(10)18(24-12)25-17(11,4)5/h6-7,12H,8-9H2,1-5H3,(H,20,21)/t12-/m0/s1. The average molecular weight is 368 g/mol. The van der Waals surface area contributed by atoms with E-state index >= 15 is 0 Å². The summed E-state index contributed by atoms with van der Waals surface area (Å²) >= 11 is 6.56. The summed E-state index contributed by atoms with van der Waals surface area (Å²) in [6, 6.07) is 0. The number of hydrogen-bond acceptors (Lipinski definition) is 5. The number of amides is 1. The summed E-state index contributed by atoms with van der Waals surface area (Å²) in [5.41, 5.74) is 1.73. The monoisotopic (exact) mass is 367 g/mol. The summed E-state index contributed by atoms with van der Waals surface area (Å²) in [7, 11) is -0.528. The second-order valence-electron chi connectivity index (χ2n) is 7.74. The minimum absolute atomic E-state index is 0.189. The van der Waals surface area contributed by atoms with Crippen molar-refractivity contribution in [3.05, 3.63) is 34.0 Å². The molecule has 8 heteroatoms. The fourth-order valence-corrected chi connectivity index (χ4v) is 3.35. The van der Waals surface area contributed by atoms with E-state index in [0.29, 0.717) is 11.6 Å². The van der Waals surface area contributed by atoms with Gasteiger partial charge in [0.05, 0.1) is 29.5 Å². The van der Waals surface area contributed by atoms with Crippen LogP contribution in [0.2, 0.25) is 0 Å². The Morgan fingerprint density at radius 1 is 1.48 bits per heavy atom. The second-order valence-corrected chi connectivity index (χ2v) is 8.14. The van der Waals surface area contributed by atoms with Gasteiger partial charge in [-0.2, -0.15) is 0 Å². The first-order valence-electron chi connectivity index (χ1n) is 8.30. The van der Waals surface area contributed by atoms with Gasteiger partial charge in [0.25, 0.3) is 0 Å². The number of rotatable bonds is 2. The molecule has 0 saturated carbocycles. The Hall–Kier alpha value is -1.44. The lowest BCUT2D eigenvalue weighted by atomic mass is 9.70. The molecular formula is C17H23BClNO5. The van der Waals surface area contributed by atoms with Gasteiger partial charge in [-0.25, -0.2) is 4.79 Å². The number of alkyl carbamates (subject to hydrolysis) is 1. The van der Waals surface area contributed by atoms with E-state index in [1.165, 1.54) is 0 Å². The van der Waals surface area contributed by atoms with Crippen LogP contribution >= 0.6 is 11.6 Å². The van der Waals surface area contributed by atoms with Gasteiger partial charge in [0.1, 0.15) is 12.2 Å². The van der Waals surface area contributed by atoms with E-state index in [1.54, 1.807) is 6.26 Å². The maximum absolute atomic E-state index is 11.9. The lowest BCUT2D eigenvalue weighted by molar-refractivity contribution is 0.0488. The Morgan fingerprint density at radius 3 is 2.88 bits per heavy atom. The molecule has 0 fully saturated rings. The van der Waals surface area contributed by atoms with Crippen LogP contribution in [0.15, 0.2) is 34.0 Å². The minimum Gasteiger partial charge on any atom is -0.497 e. The van der Waals surface area contributed by atoms with Crippen LogP contribution in [0.4, 0.5) is 4.79 Å². The summed E-state index contributed by atoms with van der Waals surface area (Å²) in [4.78, 5) is 11.9. The van der Waals surface area contributed by atoms with Crippen molar-refractivity contribution in [1.82, 2.24) is 5.32 Å². The summed E-state index contributed by atoms with van der Waals surface area (Å²) in [6.45, 7) is 10.0. The highest BCUT2D eigenvalue weighted by molar-refractivity contribution is 6.58. The molecule has 6 nitrogen and oxygen atoms in total. The molecule has 1 N–H and O–H groups in total. The van der Waals surface area contributed by atoms with Gasteiger partial charge in [-0.05, 0) is 57.3 Å². The van der Waals surface area contributed by atoms with E-state index in [0.717, 1.165) is 16.6 Å². The molecule has 0 aromatic heterocycles. The van der Waals surface area contributed by atoms with Crippen molar-refractivity contribution in [2.45, 2.75) is 51.9 Å². The molecule has 0 spiro atoms. The van der Waals surface area contributed by atoms with Gasteiger partial charge in [0.2, 0.25) is 0 Å². The summed E-state index contributed by atoms with van der Waals surface area (Å²) in [5.74, 6) is 0. The quantitative estimate of drug-likeness (QED) is 0.760. The van der Waals surface area contributed by atoms with E-state index < -0.39 is 30.5 Å². The molecule has 3 aliphatic rings. The van der Waals surface area contributed by atoms with Crippen molar-refractivity contribution in [3.8, 4) is 0 Å². The highest BCUT2D eigenvalue weighted by Gasteiger charge is 2.50. The Balaban J connectivity index is 1.80. The summed E-state index contributed by atoms with van der Waals surface area (Å²) in [5, 5.41) is 3.21. The number of allylic oxidation sites excluding steroid dienone is 3. The van der Waals surface area contributed by atoms with Crippen LogP contribution in [-0.2, 0) is 18.8 Å². The zero-order valence-corrected chi connectivity index (χ0v) is 15.9. The third-order valence-corrected chi connectivity index (χ3v) is 4.64. The topological polar surface area (TPSA) is 66.0 Å². The Bertz CT molecular complexity index is 677. The molecule has 25 heavy (non-hydrogen) atoms. The fraction of sp³-hybridized carbons (Fsp3) is 0.588.